The number of anilines is 1. The molecule has 0 N–H and O–H groups in total. The highest BCUT2D eigenvalue weighted by Crippen LogP contribution is 2.40. The summed E-state index contributed by atoms with van der Waals surface area (Å²) in [6.45, 7) is 2.29. The normalized spacial score (nSPS) is 25.1. The Morgan fingerprint density at radius 3 is 2.90 bits per heavy atom. The Bertz CT molecular complexity index is 994. The Balaban J connectivity index is 1.33. The van der Waals surface area contributed by atoms with Gasteiger partial charge < -0.3 is 19.4 Å². The molecule has 0 bridgehead atoms. The maximum absolute atomic E-state index is 13.2. The van der Waals surface area contributed by atoms with E-state index in [4.69, 9.17) is 14.6 Å². The summed E-state index contributed by atoms with van der Waals surface area (Å²) in [5, 5.41) is 4.12. The van der Waals surface area contributed by atoms with Crippen molar-refractivity contribution in [2.24, 2.45) is 5.16 Å². The fourth-order valence-electron chi connectivity index (χ4n) is 4.49. The average molecular weight is 407 g/mol. The van der Waals surface area contributed by atoms with Gasteiger partial charge in [-0.15, -0.1) is 0 Å². The van der Waals surface area contributed by atoms with E-state index in [9.17, 15) is 4.79 Å². The molecule has 1 amide bonds. The molecule has 8 nitrogen and oxygen atoms in total. The van der Waals surface area contributed by atoms with Crippen LogP contribution in [-0.4, -0.2) is 60.3 Å². The smallest absolute Gasteiger partial charge is 0.271 e. The Morgan fingerprint density at radius 1 is 1.27 bits per heavy atom. The Labute approximate surface area is 175 Å². The second-order valence-corrected chi connectivity index (χ2v) is 8.43. The summed E-state index contributed by atoms with van der Waals surface area (Å²) in [4.78, 5) is 31.7. The van der Waals surface area contributed by atoms with Crippen LogP contribution in [-0.2, 0) is 26.4 Å². The molecule has 2 aromatic rings. The molecular formula is C22H25N5O3. The zero-order valence-electron chi connectivity index (χ0n) is 17.2. The monoisotopic (exact) mass is 407 g/mol. The predicted molar refractivity (Wildman–Crippen MR) is 111 cm³/mol. The minimum Gasteiger partial charge on any atom is -0.387 e. The lowest BCUT2D eigenvalue weighted by Crippen LogP contribution is -2.43. The number of hydrogen-bond donors (Lipinski definition) is 0. The van der Waals surface area contributed by atoms with E-state index in [1.54, 1.807) is 0 Å². The summed E-state index contributed by atoms with van der Waals surface area (Å²) in [5.41, 5.74) is 3.23. The van der Waals surface area contributed by atoms with E-state index in [1.807, 2.05) is 60.4 Å². The number of ether oxygens (including phenoxy) is 1. The number of fused-ring (bicyclic) bond motifs is 2. The van der Waals surface area contributed by atoms with E-state index in [0.717, 1.165) is 23.2 Å². The lowest BCUT2D eigenvalue weighted by molar-refractivity contribution is -0.123. The minimum atomic E-state index is -0.296. The number of aromatic nitrogens is 2. The molecule has 156 valence electrons. The standard InChI is InChI=1S/C22H25N5O3/c1-26(2)21-23-11-16-12-29-14-22(19(16)24-21)8-9-27(13-22)20(28)17-10-18(30-25-17)15-6-4-3-5-7-15/h3-7,11,18H,8-10,12-14H2,1-2H3/t18-,22+/m1/s1. The molecule has 8 heteroatoms. The van der Waals surface area contributed by atoms with Crippen LogP contribution in [0.3, 0.4) is 0 Å². The molecule has 2 atom stereocenters. The van der Waals surface area contributed by atoms with Crippen molar-refractivity contribution >= 4 is 17.6 Å². The van der Waals surface area contributed by atoms with Crippen molar-refractivity contribution in [2.75, 3.05) is 38.7 Å². The number of rotatable bonds is 3. The van der Waals surface area contributed by atoms with Crippen LogP contribution < -0.4 is 4.90 Å². The molecule has 0 aliphatic carbocycles. The molecule has 1 aromatic carbocycles. The van der Waals surface area contributed by atoms with Gasteiger partial charge in [-0.1, -0.05) is 35.5 Å². The molecule has 1 spiro atoms. The highest BCUT2D eigenvalue weighted by molar-refractivity contribution is 6.39. The molecule has 5 rings (SSSR count). The van der Waals surface area contributed by atoms with Gasteiger partial charge in [-0.3, -0.25) is 4.79 Å². The predicted octanol–water partition coefficient (Wildman–Crippen LogP) is 2.06. The summed E-state index contributed by atoms with van der Waals surface area (Å²) in [5.74, 6) is 0.624. The van der Waals surface area contributed by atoms with Crippen molar-refractivity contribution < 1.29 is 14.4 Å². The molecule has 3 aliphatic heterocycles. The van der Waals surface area contributed by atoms with Crippen molar-refractivity contribution in [3.63, 3.8) is 0 Å². The zero-order chi connectivity index (χ0) is 20.7. The van der Waals surface area contributed by atoms with Crippen LogP contribution in [0.1, 0.15) is 35.8 Å². The molecule has 0 unspecified atom stereocenters. The summed E-state index contributed by atoms with van der Waals surface area (Å²) in [6, 6.07) is 9.89. The molecular weight excluding hydrogens is 382 g/mol. The van der Waals surface area contributed by atoms with Gasteiger partial charge in [-0.25, -0.2) is 9.97 Å². The molecule has 0 radical (unpaired) electrons. The largest absolute Gasteiger partial charge is 0.387 e. The molecule has 30 heavy (non-hydrogen) atoms. The lowest BCUT2D eigenvalue weighted by atomic mass is 9.80. The van der Waals surface area contributed by atoms with Crippen molar-refractivity contribution in [2.45, 2.75) is 31.0 Å². The summed E-state index contributed by atoms with van der Waals surface area (Å²) >= 11 is 0. The first kappa shape index (κ1) is 19.0. The SMILES string of the molecule is CN(C)c1ncc2c(n1)[C@]1(CCN(C(=O)C3=NO[C@@H](c4ccccc4)C3)C1)COC2. The molecule has 1 fully saturated rings. The third-order valence-corrected chi connectivity index (χ3v) is 6.12. The average Bonchev–Trinajstić information content (AvgIpc) is 3.42. The highest BCUT2D eigenvalue weighted by atomic mass is 16.6. The fourth-order valence-corrected chi connectivity index (χ4v) is 4.49. The van der Waals surface area contributed by atoms with Gasteiger partial charge >= 0.3 is 0 Å². The quantitative estimate of drug-likeness (QED) is 0.775. The summed E-state index contributed by atoms with van der Waals surface area (Å²) in [6.07, 6.45) is 2.96. The second kappa shape index (κ2) is 7.36. The van der Waals surface area contributed by atoms with Gasteiger partial charge in [0.1, 0.15) is 5.71 Å². The topological polar surface area (TPSA) is 80.2 Å². The molecule has 4 heterocycles. The van der Waals surface area contributed by atoms with Crippen LogP contribution in [0.25, 0.3) is 0 Å². The summed E-state index contributed by atoms with van der Waals surface area (Å²) in [7, 11) is 3.86. The molecule has 1 saturated heterocycles. The Kier molecular flexibility index (Phi) is 4.66. The number of carbonyl (C=O) groups is 1. The number of amides is 1. The highest BCUT2D eigenvalue weighted by Gasteiger charge is 2.47. The Hall–Kier alpha value is -3.00. The van der Waals surface area contributed by atoms with E-state index in [2.05, 4.69) is 10.1 Å². The van der Waals surface area contributed by atoms with Crippen LogP contribution in [0.5, 0.6) is 0 Å². The van der Waals surface area contributed by atoms with Gasteiger partial charge in [0.2, 0.25) is 5.95 Å². The number of likely N-dealkylation sites (tertiary alicyclic amines) is 1. The van der Waals surface area contributed by atoms with Gasteiger partial charge in [-0.05, 0) is 12.0 Å². The van der Waals surface area contributed by atoms with Crippen molar-refractivity contribution in [1.82, 2.24) is 14.9 Å². The van der Waals surface area contributed by atoms with Crippen LogP contribution in [0.2, 0.25) is 0 Å². The van der Waals surface area contributed by atoms with Crippen molar-refractivity contribution in [3.05, 3.63) is 53.3 Å². The van der Waals surface area contributed by atoms with E-state index < -0.39 is 0 Å². The Morgan fingerprint density at radius 2 is 2.10 bits per heavy atom. The molecule has 0 saturated carbocycles. The zero-order valence-corrected chi connectivity index (χ0v) is 17.2. The first-order valence-corrected chi connectivity index (χ1v) is 10.2. The number of hydrogen-bond acceptors (Lipinski definition) is 7. The van der Waals surface area contributed by atoms with Gasteiger partial charge in [0.05, 0.1) is 24.3 Å². The minimum absolute atomic E-state index is 0.0562. The number of carbonyl (C=O) groups excluding carboxylic acids is 1. The van der Waals surface area contributed by atoms with E-state index >= 15 is 0 Å². The van der Waals surface area contributed by atoms with Crippen LogP contribution in [0, 0.1) is 0 Å². The third-order valence-electron chi connectivity index (χ3n) is 6.12. The fraction of sp³-hybridized carbons (Fsp3) is 0.455. The van der Waals surface area contributed by atoms with Crippen LogP contribution in [0.4, 0.5) is 5.95 Å². The van der Waals surface area contributed by atoms with E-state index in [-0.39, 0.29) is 17.4 Å². The lowest BCUT2D eigenvalue weighted by Gasteiger charge is -2.34. The van der Waals surface area contributed by atoms with Gasteiger partial charge in [0.15, 0.2) is 6.10 Å². The van der Waals surface area contributed by atoms with Crippen LogP contribution >= 0.6 is 0 Å². The molecule has 1 aromatic heterocycles. The first-order valence-electron chi connectivity index (χ1n) is 10.2. The van der Waals surface area contributed by atoms with E-state index in [1.165, 1.54) is 0 Å². The summed E-state index contributed by atoms with van der Waals surface area (Å²) < 4.78 is 5.88. The maximum atomic E-state index is 13.2. The van der Waals surface area contributed by atoms with Gasteiger partial charge in [0.25, 0.3) is 5.91 Å². The van der Waals surface area contributed by atoms with Crippen molar-refractivity contribution in [3.8, 4) is 0 Å². The van der Waals surface area contributed by atoms with Crippen molar-refractivity contribution in [1.29, 1.82) is 0 Å². The number of benzene rings is 1. The number of nitrogens with zero attached hydrogens (tertiary/aromatic N) is 5. The number of oxime groups is 1. The first-order chi connectivity index (χ1) is 14.6. The maximum Gasteiger partial charge on any atom is 0.271 e. The second-order valence-electron chi connectivity index (χ2n) is 8.43. The van der Waals surface area contributed by atoms with Crippen LogP contribution in [0.15, 0.2) is 41.7 Å². The third kappa shape index (κ3) is 3.21. The van der Waals surface area contributed by atoms with E-state index in [0.29, 0.717) is 44.4 Å². The van der Waals surface area contributed by atoms with Gasteiger partial charge in [-0.2, -0.15) is 0 Å². The van der Waals surface area contributed by atoms with Gasteiger partial charge in [0, 0.05) is 45.4 Å². The molecule has 3 aliphatic rings.